The van der Waals surface area contributed by atoms with Crippen LogP contribution in [0, 0.1) is 5.82 Å². The lowest BCUT2D eigenvalue weighted by Crippen LogP contribution is -2.39. The third-order valence-electron chi connectivity index (χ3n) is 6.43. The van der Waals surface area contributed by atoms with Crippen molar-refractivity contribution in [2.24, 2.45) is 0 Å². The number of anilines is 1. The normalized spacial score (nSPS) is 19.3. The van der Waals surface area contributed by atoms with Crippen molar-refractivity contribution in [1.82, 2.24) is 9.88 Å². The van der Waals surface area contributed by atoms with Gasteiger partial charge in [0, 0.05) is 49.8 Å². The molecule has 0 aliphatic carbocycles. The number of aliphatic hydroxyl groups excluding tert-OH is 1. The van der Waals surface area contributed by atoms with Crippen molar-refractivity contribution in [3.05, 3.63) is 58.0 Å². The summed E-state index contributed by atoms with van der Waals surface area (Å²) < 4.78 is 19.8. The maximum atomic E-state index is 13.9. The quantitative estimate of drug-likeness (QED) is 0.586. The Bertz CT molecular complexity index is 1110. The standard InChI is InChI=1S/C25H28FN3O3S/c26-19-6-5-17-13-18(24(27-22(17)14-19)28-9-7-20(30)8-10-28)15-29(16-21-3-1-11-32-21)25(31)23-4-2-12-33-23/h2,4-6,12-14,20-21,30H,1,3,7-11,15-16H2. The molecule has 174 valence electrons. The fraction of sp³-hybridized carbons (Fsp3) is 0.440. The number of carbonyl (C=O) groups is 1. The minimum Gasteiger partial charge on any atom is -0.393 e. The van der Waals surface area contributed by atoms with Crippen LogP contribution < -0.4 is 4.90 Å². The molecule has 0 spiro atoms. The van der Waals surface area contributed by atoms with Gasteiger partial charge in [-0.15, -0.1) is 11.3 Å². The zero-order valence-corrected chi connectivity index (χ0v) is 19.3. The van der Waals surface area contributed by atoms with E-state index in [-0.39, 0.29) is 23.9 Å². The Balaban J connectivity index is 1.51. The first-order valence-corrected chi connectivity index (χ1v) is 12.4. The number of hydrogen-bond donors (Lipinski definition) is 1. The van der Waals surface area contributed by atoms with Crippen molar-refractivity contribution in [2.75, 3.05) is 31.1 Å². The molecule has 4 heterocycles. The fourth-order valence-corrected chi connectivity index (χ4v) is 5.35. The van der Waals surface area contributed by atoms with E-state index in [1.807, 2.05) is 28.5 Å². The molecule has 0 bridgehead atoms. The van der Waals surface area contributed by atoms with E-state index >= 15 is 0 Å². The molecule has 0 radical (unpaired) electrons. The number of hydrogen-bond acceptors (Lipinski definition) is 6. The molecule has 33 heavy (non-hydrogen) atoms. The summed E-state index contributed by atoms with van der Waals surface area (Å²) in [6, 6.07) is 10.4. The largest absolute Gasteiger partial charge is 0.393 e. The van der Waals surface area contributed by atoms with Gasteiger partial charge in [-0.3, -0.25) is 4.79 Å². The number of benzene rings is 1. The predicted octanol–water partition coefficient (Wildman–Crippen LogP) is 4.22. The Morgan fingerprint density at radius 2 is 2.09 bits per heavy atom. The third kappa shape index (κ3) is 5.03. The van der Waals surface area contributed by atoms with E-state index in [9.17, 15) is 14.3 Å². The van der Waals surface area contributed by atoms with Gasteiger partial charge in [0.2, 0.25) is 0 Å². The highest BCUT2D eigenvalue weighted by atomic mass is 32.1. The number of ether oxygens (including phenoxy) is 1. The van der Waals surface area contributed by atoms with Crippen molar-refractivity contribution in [2.45, 2.75) is 44.4 Å². The van der Waals surface area contributed by atoms with Gasteiger partial charge in [-0.25, -0.2) is 9.37 Å². The van der Waals surface area contributed by atoms with Crippen LogP contribution in [0.1, 0.15) is 40.9 Å². The van der Waals surface area contributed by atoms with Crippen LogP contribution in [0.25, 0.3) is 10.9 Å². The van der Waals surface area contributed by atoms with Gasteiger partial charge in [-0.05, 0) is 55.3 Å². The van der Waals surface area contributed by atoms with E-state index in [1.165, 1.54) is 23.5 Å². The van der Waals surface area contributed by atoms with Crippen molar-refractivity contribution < 1.29 is 19.0 Å². The van der Waals surface area contributed by atoms with Crippen LogP contribution in [0.15, 0.2) is 41.8 Å². The maximum Gasteiger partial charge on any atom is 0.264 e. The van der Waals surface area contributed by atoms with Crippen LogP contribution in [0.5, 0.6) is 0 Å². The van der Waals surface area contributed by atoms with Gasteiger partial charge in [0.25, 0.3) is 5.91 Å². The van der Waals surface area contributed by atoms with Crippen molar-refractivity contribution in [1.29, 1.82) is 0 Å². The molecular formula is C25H28FN3O3S. The van der Waals surface area contributed by atoms with Gasteiger partial charge < -0.3 is 19.6 Å². The molecule has 1 amide bonds. The zero-order chi connectivity index (χ0) is 22.8. The van der Waals surface area contributed by atoms with Gasteiger partial charge in [-0.1, -0.05) is 6.07 Å². The molecule has 2 fully saturated rings. The summed E-state index contributed by atoms with van der Waals surface area (Å²) in [6.45, 7) is 3.00. The Kier molecular flexibility index (Phi) is 6.57. The fourth-order valence-electron chi connectivity index (χ4n) is 4.66. The summed E-state index contributed by atoms with van der Waals surface area (Å²) in [5, 5.41) is 12.7. The number of halogens is 1. The molecule has 3 aromatic rings. The molecule has 2 aliphatic rings. The molecule has 5 rings (SSSR count). The van der Waals surface area contributed by atoms with Crippen molar-refractivity contribution in [3.8, 4) is 0 Å². The zero-order valence-electron chi connectivity index (χ0n) is 18.5. The van der Waals surface area contributed by atoms with Crippen LogP contribution in [0.2, 0.25) is 0 Å². The van der Waals surface area contributed by atoms with Crippen LogP contribution in [-0.2, 0) is 11.3 Å². The second-order valence-corrected chi connectivity index (χ2v) is 9.77. The highest BCUT2D eigenvalue weighted by Gasteiger charge is 2.27. The van der Waals surface area contributed by atoms with Gasteiger partial charge in [0.1, 0.15) is 11.6 Å². The maximum absolute atomic E-state index is 13.9. The summed E-state index contributed by atoms with van der Waals surface area (Å²) in [4.78, 5) is 22.9. The van der Waals surface area contributed by atoms with E-state index in [2.05, 4.69) is 4.90 Å². The number of amides is 1. The average Bonchev–Trinajstić information content (AvgIpc) is 3.53. The van der Waals surface area contributed by atoms with E-state index in [1.54, 1.807) is 6.07 Å². The number of nitrogens with zero attached hydrogens (tertiary/aromatic N) is 3. The number of rotatable bonds is 6. The number of fused-ring (bicyclic) bond motifs is 1. The second-order valence-electron chi connectivity index (χ2n) is 8.82. The van der Waals surface area contributed by atoms with Gasteiger partial charge in [-0.2, -0.15) is 0 Å². The Morgan fingerprint density at radius 3 is 2.82 bits per heavy atom. The molecule has 2 aliphatic heterocycles. The number of carbonyl (C=O) groups excluding carboxylic acids is 1. The van der Waals surface area contributed by atoms with Crippen LogP contribution >= 0.6 is 11.3 Å². The first kappa shape index (κ1) is 22.3. The lowest BCUT2D eigenvalue weighted by molar-refractivity contribution is 0.0511. The van der Waals surface area contributed by atoms with Crippen LogP contribution in [0.3, 0.4) is 0 Å². The Labute approximate surface area is 196 Å². The average molecular weight is 470 g/mol. The lowest BCUT2D eigenvalue weighted by atomic mass is 10.1. The summed E-state index contributed by atoms with van der Waals surface area (Å²) in [7, 11) is 0. The van der Waals surface area contributed by atoms with E-state index in [0.717, 1.165) is 36.2 Å². The Morgan fingerprint density at radius 1 is 1.24 bits per heavy atom. The topological polar surface area (TPSA) is 65.9 Å². The molecule has 6 nitrogen and oxygen atoms in total. The van der Waals surface area contributed by atoms with Crippen molar-refractivity contribution >= 4 is 34.0 Å². The number of pyridine rings is 1. The molecule has 2 saturated heterocycles. The number of thiophene rings is 1. The van der Waals surface area contributed by atoms with E-state index < -0.39 is 0 Å². The van der Waals surface area contributed by atoms with Crippen molar-refractivity contribution in [3.63, 3.8) is 0 Å². The second kappa shape index (κ2) is 9.75. The molecule has 1 aromatic carbocycles. The molecular weight excluding hydrogens is 441 g/mol. The molecule has 2 aromatic heterocycles. The number of piperidine rings is 1. The molecule has 1 atom stereocenters. The van der Waals surface area contributed by atoms with Gasteiger partial charge in [0.15, 0.2) is 0 Å². The highest BCUT2D eigenvalue weighted by molar-refractivity contribution is 7.12. The minimum atomic E-state index is -0.323. The number of aromatic nitrogens is 1. The number of aliphatic hydroxyl groups is 1. The van der Waals surface area contributed by atoms with Gasteiger partial charge >= 0.3 is 0 Å². The van der Waals surface area contributed by atoms with E-state index in [0.29, 0.717) is 49.4 Å². The molecule has 1 N–H and O–H groups in total. The predicted molar refractivity (Wildman–Crippen MR) is 127 cm³/mol. The SMILES string of the molecule is O=C(c1cccs1)N(Cc1cc2ccc(F)cc2nc1N1CCC(O)CC1)CC1CCCO1. The monoisotopic (exact) mass is 469 g/mol. The first-order valence-electron chi connectivity index (χ1n) is 11.5. The molecule has 8 heteroatoms. The third-order valence-corrected chi connectivity index (χ3v) is 7.29. The highest BCUT2D eigenvalue weighted by Crippen LogP contribution is 2.29. The molecule has 1 unspecified atom stereocenters. The van der Waals surface area contributed by atoms with Gasteiger partial charge in [0.05, 0.1) is 22.6 Å². The van der Waals surface area contributed by atoms with E-state index in [4.69, 9.17) is 9.72 Å². The van der Waals surface area contributed by atoms with Crippen LogP contribution in [0.4, 0.5) is 10.2 Å². The summed E-state index contributed by atoms with van der Waals surface area (Å²) in [5.41, 5.74) is 1.52. The Hall–Kier alpha value is -2.55. The molecule has 0 saturated carbocycles. The summed E-state index contributed by atoms with van der Waals surface area (Å²) in [6.07, 6.45) is 3.01. The summed E-state index contributed by atoms with van der Waals surface area (Å²) >= 11 is 1.44. The lowest BCUT2D eigenvalue weighted by Gasteiger charge is -2.33. The minimum absolute atomic E-state index is 0.0141. The first-order chi connectivity index (χ1) is 16.1. The van der Waals surface area contributed by atoms with Crippen LogP contribution in [-0.4, -0.2) is 59.3 Å². The smallest absolute Gasteiger partial charge is 0.264 e. The summed E-state index contributed by atoms with van der Waals surface area (Å²) in [5.74, 6) is 0.423.